The molecule has 4 saturated heterocycles. The first-order valence-electron chi connectivity index (χ1n) is 10.0. The highest BCUT2D eigenvalue weighted by molar-refractivity contribution is 5.78. The van der Waals surface area contributed by atoms with Crippen molar-refractivity contribution in [2.24, 2.45) is 17.8 Å². The number of aromatic nitrogens is 1. The summed E-state index contributed by atoms with van der Waals surface area (Å²) in [7, 11) is 0. The number of ether oxygens (including phenoxy) is 2. The molecule has 4 atom stereocenters. The predicted molar refractivity (Wildman–Crippen MR) is 96.8 cm³/mol. The standard InChI is InChI=1S/C20H26FN3O3/c21-16-10-22-6-2-17(16)24-11-15-14(18-1-5-20(15,12-24)27-18)9-23-19(25)13-3-7-26-8-4-13/h2,6,10,13-15,18H,1,3-5,7-9,11-12H2,(H,23,25)/t14-,15+,18+,20+/m0/s1. The van der Waals surface area contributed by atoms with Gasteiger partial charge in [0.05, 0.1) is 23.6 Å². The third kappa shape index (κ3) is 2.91. The van der Waals surface area contributed by atoms with Crippen LogP contribution in [0.5, 0.6) is 0 Å². The predicted octanol–water partition coefficient (Wildman–Crippen LogP) is 1.75. The zero-order valence-electron chi connectivity index (χ0n) is 15.4. The monoisotopic (exact) mass is 375 g/mol. The Bertz CT molecular complexity index is 726. The van der Waals surface area contributed by atoms with Crippen LogP contribution in [-0.2, 0) is 14.3 Å². The molecule has 5 heterocycles. The lowest BCUT2D eigenvalue weighted by atomic mass is 9.73. The summed E-state index contributed by atoms with van der Waals surface area (Å²) in [4.78, 5) is 18.5. The Kier molecular flexibility index (Phi) is 4.31. The quantitative estimate of drug-likeness (QED) is 0.869. The van der Waals surface area contributed by atoms with Gasteiger partial charge in [-0.1, -0.05) is 0 Å². The van der Waals surface area contributed by atoms with Crippen molar-refractivity contribution in [2.75, 3.05) is 37.7 Å². The lowest BCUT2D eigenvalue weighted by Crippen LogP contribution is -2.43. The summed E-state index contributed by atoms with van der Waals surface area (Å²) < 4.78 is 26.0. The van der Waals surface area contributed by atoms with Crippen molar-refractivity contribution < 1.29 is 18.7 Å². The number of pyridine rings is 1. The fraction of sp³-hybridized carbons (Fsp3) is 0.700. The van der Waals surface area contributed by atoms with Gasteiger partial charge in [-0.15, -0.1) is 0 Å². The van der Waals surface area contributed by atoms with Crippen molar-refractivity contribution in [3.63, 3.8) is 0 Å². The van der Waals surface area contributed by atoms with Crippen LogP contribution in [0, 0.1) is 23.6 Å². The van der Waals surface area contributed by atoms with Crippen LogP contribution in [0.2, 0.25) is 0 Å². The SMILES string of the molecule is O=C(NC[C@H]1[C@H]2CN(c3ccncc3F)C[C@]23CC[C@H]1O3)C1CCOCC1. The number of nitrogens with one attached hydrogen (secondary N) is 1. The number of amides is 1. The smallest absolute Gasteiger partial charge is 0.223 e. The van der Waals surface area contributed by atoms with E-state index in [2.05, 4.69) is 15.2 Å². The molecule has 0 saturated carbocycles. The molecule has 0 aliphatic carbocycles. The maximum Gasteiger partial charge on any atom is 0.223 e. The van der Waals surface area contributed by atoms with Crippen LogP contribution in [0.3, 0.4) is 0 Å². The third-order valence-electron chi connectivity index (χ3n) is 6.98. The highest BCUT2D eigenvalue weighted by Gasteiger charge is 2.63. The summed E-state index contributed by atoms with van der Waals surface area (Å²) in [5, 5.41) is 3.18. The van der Waals surface area contributed by atoms with E-state index in [0.717, 1.165) is 38.8 Å². The second-order valence-corrected chi connectivity index (χ2v) is 8.37. The van der Waals surface area contributed by atoms with Gasteiger partial charge in [0, 0.05) is 56.8 Å². The summed E-state index contributed by atoms with van der Waals surface area (Å²) in [5.41, 5.74) is 0.417. The molecular weight excluding hydrogens is 349 g/mol. The van der Waals surface area contributed by atoms with Gasteiger partial charge in [0.25, 0.3) is 0 Å². The number of carbonyl (C=O) groups is 1. The van der Waals surface area contributed by atoms with Crippen molar-refractivity contribution in [1.29, 1.82) is 0 Å². The fourth-order valence-corrected chi connectivity index (χ4v) is 5.59. The molecule has 1 aromatic heterocycles. The van der Waals surface area contributed by atoms with Crippen LogP contribution in [0.1, 0.15) is 25.7 Å². The zero-order valence-corrected chi connectivity index (χ0v) is 15.4. The van der Waals surface area contributed by atoms with Crippen molar-refractivity contribution >= 4 is 11.6 Å². The molecule has 2 bridgehead atoms. The Morgan fingerprint density at radius 2 is 2.22 bits per heavy atom. The second-order valence-electron chi connectivity index (χ2n) is 8.37. The molecule has 0 aromatic carbocycles. The van der Waals surface area contributed by atoms with E-state index in [9.17, 15) is 9.18 Å². The molecule has 1 amide bonds. The molecule has 4 aliphatic rings. The van der Waals surface area contributed by atoms with Crippen LogP contribution < -0.4 is 10.2 Å². The summed E-state index contributed by atoms with van der Waals surface area (Å²) in [6.45, 7) is 3.49. The molecule has 5 rings (SSSR count). The Morgan fingerprint density at radius 3 is 3.04 bits per heavy atom. The Labute approximate surface area is 158 Å². The molecule has 1 aromatic rings. The average Bonchev–Trinajstić information content (AvgIpc) is 3.35. The lowest BCUT2D eigenvalue weighted by molar-refractivity contribution is -0.128. The molecule has 4 fully saturated rings. The zero-order chi connectivity index (χ0) is 18.4. The highest BCUT2D eigenvalue weighted by atomic mass is 19.1. The molecule has 146 valence electrons. The van der Waals surface area contributed by atoms with Crippen molar-refractivity contribution in [1.82, 2.24) is 10.3 Å². The summed E-state index contributed by atoms with van der Waals surface area (Å²) >= 11 is 0. The van der Waals surface area contributed by atoms with E-state index < -0.39 is 0 Å². The van der Waals surface area contributed by atoms with Crippen LogP contribution in [0.4, 0.5) is 10.1 Å². The van der Waals surface area contributed by atoms with Crippen molar-refractivity contribution in [3.05, 3.63) is 24.3 Å². The minimum atomic E-state index is -0.284. The number of hydrogen-bond acceptors (Lipinski definition) is 5. The van der Waals surface area contributed by atoms with Crippen LogP contribution in [0.25, 0.3) is 0 Å². The minimum absolute atomic E-state index is 0.0678. The normalized spacial score (nSPS) is 35.4. The van der Waals surface area contributed by atoms with Gasteiger partial charge in [0.15, 0.2) is 5.82 Å². The Balaban J connectivity index is 1.27. The van der Waals surface area contributed by atoms with Crippen molar-refractivity contribution in [3.8, 4) is 0 Å². The van der Waals surface area contributed by atoms with Gasteiger partial charge in [0.2, 0.25) is 5.91 Å². The molecule has 4 aliphatic heterocycles. The van der Waals surface area contributed by atoms with Gasteiger partial charge >= 0.3 is 0 Å². The molecule has 0 unspecified atom stereocenters. The Morgan fingerprint density at radius 1 is 1.37 bits per heavy atom. The molecular formula is C20H26FN3O3. The van der Waals surface area contributed by atoms with E-state index in [1.807, 2.05) is 0 Å². The summed E-state index contributed by atoms with van der Waals surface area (Å²) in [5.74, 6) is 0.562. The number of nitrogens with zero attached hydrogens (tertiary/aromatic N) is 2. The van der Waals surface area contributed by atoms with Gasteiger partial charge in [-0.2, -0.15) is 0 Å². The minimum Gasteiger partial charge on any atom is -0.381 e. The Hall–Kier alpha value is -1.73. The maximum absolute atomic E-state index is 14.2. The number of hydrogen-bond donors (Lipinski definition) is 1. The molecule has 6 nitrogen and oxygen atoms in total. The first-order chi connectivity index (χ1) is 13.2. The second kappa shape index (κ2) is 6.71. The van der Waals surface area contributed by atoms with Gasteiger partial charge in [0.1, 0.15) is 0 Å². The van der Waals surface area contributed by atoms with Gasteiger partial charge in [-0.25, -0.2) is 4.39 Å². The van der Waals surface area contributed by atoms with E-state index in [-0.39, 0.29) is 29.3 Å². The number of rotatable bonds is 4. The van der Waals surface area contributed by atoms with Crippen LogP contribution in [0.15, 0.2) is 18.5 Å². The summed E-state index contributed by atoms with van der Waals surface area (Å²) in [6, 6.07) is 1.74. The van der Waals surface area contributed by atoms with E-state index in [0.29, 0.717) is 37.3 Å². The van der Waals surface area contributed by atoms with E-state index in [4.69, 9.17) is 9.47 Å². The highest BCUT2D eigenvalue weighted by Crippen LogP contribution is 2.55. The lowest BCUT2D eigenvalue weighted by Gasteiger charge is -2.30. The van der Waals surface area contributed by atoms with E-state index >= 15 is 0 Å². The number of carbonyl (C=O) groups excluding carboxylic acids is 1. The van der Waals surface area contributed by atoms with Crippen molar-refractivity contribution in [2.45, 2.75) is 37.4 Å². The number of anilines is 1. The van der Waals surface area contributed by atoms with E-state index in [1.165, 1.54) is 6.20 Å². The van der Waals surface area contributed by atoms with Gasteiger partial charge in [-0.05, 0) is 31.7 Å². The number of fused-ring (bicyclic) bond motifs is 1. The largest absolute Gasteiger partial charge is 0.381 e. The van der Waals surface area contributed by atoms with E-state index in [1.54, 1.807) is 12.3 Å². The fourth-order valence-electron chi connectivity index (χ4n) is 5.59. The molecule has 1 N–H and O–H groups in total. The summed E-state index contributed by atoms with van der Waals surface area (Å²) in [6.07, 6.45) is 6.78. The molecule has 0 radical (unpaired) electrons. The molecule has 1 spiro atoms. The number of halogens is 1. The maximum atomic E-state index is 14.2. The molecule has 7 heteroatoms. The third-order valence-corrected chi connectivity index (χ3v) is 6.98. The average molecular weight is 375 g/mol. The topological polar surface area (TPSA) is 63.7 Å². The first kappa shape index (κ1) is 17.4. The van der Waals surface area contributed by atoms with Gasteiger partial charge in [-0.3, -0.25) is 9.78 Å². The van der Waals surface area contributed by atoms with Crippen LogP contribution in [-0.4, -0.2) is 55.4 Å². The first-order valence-corrected chi connectivity index (χ1v) is 10.0. The molecule has 27 heavy (non-hydrogen) atoms. The van der Waals surface area contributed by atoms with Gasteiger partial charge < -0.3 is 19.7 Å². The van der Waals surface area contributed by atoms with Crippen LogP contribution >= 0.6 is 0 Å².